The number of aliphatic hydroxyl groups excluding tert-OH is 1. The molecule has 0 aliphatic carbocycles. The van der Waals surface area contributed by atoms with Crippen LogP contribution in [0.1, 0.15) is 51.6 Å². The quantitative estimate of drug-likeness (QED) is 0.435. The zero-order valence-electron chi connectivity index (χ0n) is 15.0. The Bertz CT molecular complexity index is 493. The number of benzene rings is 2. The van der Waals surface area contributed by atoms with Crippen LogP contribution in [-0.2, 0) is 9.23 Å². The molecule has 2 aromatic rings. The molecular weight excluding hydrogens is 387 g/mol. The number of hydrogen-bond acceptors (Lipinski definition) is 2. The topological polar surface area (TPSA) is 37.3 Å². The van der Waals surface area contributed by atoms with Crippen LogP contribution in [0.2, 0.25) is 0 Å². The van der Waals surface area contributed by atoms with E-state index in [1.807, 2.05) is 67.6 Å². The highest BCUT2D eigenvalue weighted by atomic mass is 36.0. The van der Waals surface area contributed by atoms with Gasteiger partial charge in [-0.15, -0.1) is 11.6 Å². The predicted octanol–water partition coefficient (Wildman–Crippen LogP) is 6.80. The van der Waals surface area contributed by atoms with Crippen LogP contribution in [0.15, 0.2) is 60.7 Å². The van der Waals surface area contributed by atoms with Crippen LogP contribution in [0.25, 0.3) is 0 Å². The summed E-state index contributed by atoms with van der Waals surface area (Å²) in [5.74, 6) is 0. The largest absolute Gasteiger partial charge is 0.389 e. The molecule has 0 saturated carbocycles. The van der Waals surface area contributed by atoms with Gasteiger partial charge in [-0.1, -0.05) is 74.5 Å². The second-order valence-electron chi connectivity index (χ2n) is 4.30. The summed E-state index contributed by atoms with van der Waals surface area (Å²) < 4.78 is 15.3. The lowest BCUT2D eigenvalue weighted by atomic mass is 10.1. The van der Waals surface area contributed by atoms with Crippen molar-refractivity contribution < 1.29 is 10.7 Å². The minimum Gasteiger partial charge on any atom is -0.389 e. The van der Waals surface area contributed by atoms with Gasteiger partial charge in [0.25, 0.3) is 0 Å². The van der Waals surface area contributed by atoms with E-state index in [0.29, 0.717) is 6.90 Å². The smallest absolute Gasteiger partial charge is 0.211 e. The molecule has 0 spiro atoms. The van der Waals surface area contributed by atoms with Gasteiger partial charge in [0.2, 0.25) is 9.23 Å². The summed E-state index contributed by atoms with van der Waals surface area (Å²) in [6.07, 6.45) is -0.341. The molecule has 2 nitrogen and oxygen atoms in total. The van der Waals surface area contributed by atoms with Crippen molar-refractivity contribution in [3.63, 3.8) is 0 Å². The van der Waals surface area contributed by atoms with Gasteiger partial charge in [0.05, 0.1) is 11.5 Å². The first kappa shape index (κ1) is 23.4. The van der Waals surface area contributed by atoms with E-state index in [1.54, 1.807) is 13.8 Å². The molecule has 1 N–H and O–H groups in total. The number of halogens is 3. The van der Waals surface area contributed by atoms with Crippen LogP contribution < -0.4 is 0 Å². The lowest BCUT2D eigenvalue weighted by Gasteiger charge is -2.00. The Balaban J connectivity index is 0. The molecule has 0 fully saturated rings. The molecule has 0 amide bonds. The zero-order valence-corrected chi connectivity index (χ0v) is 17.1. The van der Waals surface area contributed by atoms with Crippen LogP contribution in [0.3, 0.4) is 0 Å². The number of rotatable bonds is 2. The highest BCUT2D eigenvalue weighted by Gasteiger charge is 1.96. The molecule has 0 bridgehead atoms. The fourth-order valence-corrected chi connectivity index (χ4v) is 1.60. The Morgan fingerprint density at radius 1 is 0.958 bits per heavy atom. The van der Waals surface area contributed by atoms with E-state index in [0.717, 1.165) is 5.56 Å². The Labute approximate surface area is 163 Å². The first-order valence-electron chi connectivity index (χ1n) is 7.92. The van der Waals surface area contributed by atoms with Crippen molar-refractivity contribution in [3.05, 3.63) is 71.8 Å². The summed E-state index contributed by atoms with van der Waals surface area (Å²) in [7, 11) is 7.36. The van der Waals surface area contributed by atoms with E-state index in [-0.39, 0.29) is 11.5 Å². The fraction of sp³-hybridized carbons (Fsp3) is 0.333. The highest BCUT2D eigenvalue weighted by Crippen LogP contribution is 2.17. The zero-order chi connectivity index (χ0) is 19.7. The third kappa shape index (κ3) is 16.3. The fourth-order valence-electron chi connectivity index (χ4n) is 1.45. The molecule has 0 heterocycles. The predicted molar refractivity (Wildman–Crippen MR) is 109 cm³/mol. The van der Waals surface area contributed by atoms with Crippen molar-refractivity contribution >= 4 is 42.2 Å². The second kappa shape index (κ2) is 17.2. The Kier molecular flexibility index (Phi) is 16.8. The molecule has 6 heteroatoms. The molecule has 0 aliphatic rings. The van der Waals surface area contributed by atoms with Crippen molar-refractivity contribution in [2.75, 3.05) is 0 Å². The number of alkyl halides is 1. The van der Waals surface area contributed by atoms with Crippen LogP contribution in [0, 0.1) is 0 Å². The van der Waals surface area contributed by atoms with Crippen LogP contribution in [0.4, 0.5) is 0 Å². The first-order chi connectivity index (χ1) is 11.8. The minimum atomic E-state index is -1.67. The Morgan fingerprint density at radius 3 is 1.42 bits per heavy atom. The molecule has 0 aliphatic heterocycles. The Hall–Kier alpha value is -0.580. The van der Waals surface area contributed by atoms with E-state index >= 15 is 0 Å². The Morgan fingerprint density at radius 2 is 1.25 bits per heavy atom. The van der Waals surface area contributed by atoms with Crippen molar-refractivity contribution in [1.29, 1.82) is 0 Å². The lowest BCUT2D eigenvalue weighted by molar-refractivity contribution is 0.199. The van der Waals surface area contributed by atoms with Crippen molar-refractivity contribution in [2.45, 2.75) is 39.2 Å². The van der Waals surface area contributed by atoms with Crippen LogP contribution in [0.5, 0.6) is 0 Å². The monoisotopic (exact) mass is 411 g/mol. The van der Waals surface area contributed by atoms with Crippen LogP contribution in [-0.4, -0.2) is 9.32 Å². The van der Waals surface area contributed by atoms with Crippen molar-refractivity contribution in [1.82, 2.24) is 0 Å². The van der Waals surface area contributed by atoms with Crippen molar-refractivity contribution in [3.8, 4) is 0 Å². The molecule has 0 unspecified atom stereocenters. The summed E-state index contributed by atoms with van der Waals surface area (Å²) >= 11 is 5.80. The summed E-state index contributed by atoms with van der Waals surface area (Å²) in [5, 5.41) is 9.15. The molecule has 0 aromatic heterocycles. The van der Waals surface area contributed by atoms with E-state index in [2.05, 4.69) is 21.4 Å². The summed E-state index contributed by atoms with van der Waals surface area (Å²) in [5.41, 5.74) is 2.15. The molecule has 2 atom stereocenters. The molecular formula is C18H25Cl3O2S. The average Bonchev–Trinajstić information content (AvgIpc) is 2.57. The van der Waals surface area contributed by atoms with Crippen LogP contribution >= 0.6 is 33.0 Å². The molecule has 136 valence electrons. The molecule has 0 radical (unpaired) electrons. The summed E-state index contributed by atoms with van der Waals surface area (Å²) in [4.78, 5) is 0. The van der Waals surface area contributed by atoms with Gasteiger partial charge in [-0.2, -0.15) is 0 Å². The van der Waals surface area contributed by atoms with Gasteiger partial charge in [-0.3, -0.25) is 0 Å². The van der Waals surface area contributed by atoms with Gasteiger partial charge in [-0.25, -0.2) is 4.21 Å². The maximum Gasteiger partial charge on any atom is 0.211 e. The maximum atomic E-state index is 9.09. The average molecular weight is 413 g/mol. The normalized spacial score (nSPS) is 12.1. The van der Waals surface area contributed by atoms with E-state index in [9.17, 15) is 0 Å². The summed E-state index contributed by atoms with van der Waals surface area (Å²) in [6, 6.07) is 19.6. The molecule has 24 heavy (non-hydrogen) atoms. The SMILES string of the molecule is C[C@@H](Cl)c1ccccc1.C[C@H](O)c1ccccc1.O=S(Cl)Cl.[2H]CC. The van der Waals surface area contributed by atoms with E-state index in [1.165, 1.54) is 5.56 Å². The van der Waals surface area contributed by atoms with Gasteiger partial charge in [0.15, 0.2) is 0 Å². The van der Waals surface area contributed by atoms with Gasteiger partial charge < -0.3 is 5.11 Å². The van der Waals surface area contributed by atoms with Gasteiger partial charge in [-0.05, 0) is 25.0 Å². The molecule has 2 rings (SSSR count). The molecule has 2 aromatic carbocycles. The second-order valence-corrected chi connectivity index (χ2v) is 7.48. The van der Waals surface area contributed by atoms with Gasteiger partial charge >= 0.3 is 0 Å². The maximum absolute atomic E-state index is 9.09. The number of hydrogen-bond donors (Lipinski definition) is 1. The minimum absolute atomic E-state index is 0.131. The molecule has 0 saturated heterocycles. The number of aliphatic hydroxyl groups is 1. The third-order valence-electron chi connectivity index (χ3n) is 2.54. The van der Waals surface area contributed by atoms with Crippen molar-refractivity contribution in [2.24, 2.45) is 0 Å². The standard InChI is InChI=1S/C8H9Cl.C8H10O.C2H6.Cl2OS/c2*1-7(9)8-5-3-2-4-6-8;1-2;1-4(2)3/h2-7H,1H3;2-7,9H,1H3;1-2H3;/t2*7-;;/m10../s1/i;;1D;. The van der Waals surface area contributed by atoms with Gasteiger partial charge in [0.1, 0.15) is 0 Å². The van der Waals surface area contributed by atoms with E-state index < -0.39 is 9.23 Å². The third-order valence-corrected chi connectivity index (χ3v) is 2.79. The van der Waals surface area contributed by atoms with Gasteiger partial charge in [0, 0.05) is 22.7 Å². The lowest BCUT2D eigenvalue weighted by Crippen LogP contribution is -1.87. The highest BCUT2D eigenvalue weighted by molar-refractivity contribution is 8.26. The summed E-state index contributed by atoms with van der Waals surface area (Å²) in [6.45, 7) is 6.02. The first-order valence-corrected chi connectivity index (χ1v) is 10.5. The van der Waals surface area contributed by atoms with E-state index in [4.69, 9.17) is 22.3 Å².